The number of nitrogens with zero attached hydrogens (tertiary/aromatic N) is 1. The van der Waals surface area contributed by atoms with Crippen molar-refractivity contribution in [2.24, 2.45) is 0 Å². The van der Waals surface area contributed by atoms with Gasteiger partial charge in [-0.3, -0.25) is 9.78 Å². The Labute approximate surface area is 119 Å². The first-order chi connectivity index (χ1) is 9.72. The van der Waals surface area contributed by atoms with E-state index in [1.54, 1.807) is 24.5 Å². The van der Waals surface area contributed by atoms with Crippen LogP contribution in [0.3, 0.4) is 0 Å². The largest absolute Gasteiger partial charge is 0.322 e. The van der Waals surface area contributed by atoms with Gasteiger partial charge < -0.3 is 5.32 Å². The van der Waals surface area contributed by atoms with Gasteiger partial charge in [0.2, 0.25) is 0 Å². The fourth-order valence-corrected chi connectivity index (χ4v) is 1.83. The molecule has 3 nitrogen and oxygen atoms in total. The normalized spacial score (nSPS) is 9.50. The monoisotopic (exact) mass is 264 g/mol. The molecule has 0 aliphatic heterocycles. The molecule has 0 saturated carbocycles. The van der Waals surface area contributed by atoms with Gasteiger partial charge in [-0.05, 0) is 36.8 Å². The average Bonchev–Trinajstić information content (AvgIpc) is 2.47. The number of benzene rings is 1. The molecular weight excluding hydrogens is 248 g/mol. The molecule has 0 atom stereocenters. The summed E-state index contributed by atoms with van der Waals surface area (Å²) in [5.41, 5.74) is 3.17. The van der Waals surface area contributed by atoms with Crippen molar-refractivity contribution in [3.05, 3.63) is 59.4 Å². The second-order valence-electron chi connectivity index (χ2n) is 4.32. The van der Waals surface area contributed by atoms with E-state index in [4.69, 9.17) is 0 Å². The first-order valence-electron chi connectivity index (χ1n) is 6.52. The number of pyridine rings is 1. The number of hydrogen-bond donors (Lipinski definition) is 1. The predicted molar refractivity (Wildman–Crippen MR) is 80.5 cm³/mol. The second kappa shape index (κ2) is 6.53. The number of aromatic nitrogens is 1. The van der Waals surface area contributed by atoms with Crippen LogP contribution < -0.4 is 5.32 Å². The van der Waals surface area contributed by atoms with Gasteiger partial charge in [0.15, 0.2) is 0 Å². The summed E-state index contributed by atoms with van der Waals surface area (Å²) in [6.07, 6.45) is 4.09. The Morgan fingerprint density at radius 2 is 2.00 bits per heavy atom. The molecule has 0 fully saturated rings. The summed E-state index contributed by atoms with van der Waals surface area (Å²) in [6, 6.07) is 9.11. The molecule has 0 unspecified atom stereocenters. The van der Waals surface area contributed by atoms with Crippen molar-refractivity contribution >= 4 is 11.6 Å². The van der Waals surface area contributed by atoms with Crippen LogP contribution in [0, 0.1) is 18.8 Å². The van der Waals surface area contributed by atoms with Gasteiger partial charge in [-0.15, -0.1) is 0 Å². The lowest BCUT2D eigenvalue weighted by Crippen LogP contribution is -2.13. The van der Waals surface area contributed by atoms with Gasteiger partial charge in [-0.1, -0.05) is 24.8 Å². The third kappa shape index (κ3) is 3.24. The number of rotatable bonds is 2. The molecule has 20 heavy (non-hydrogen) atoms. The summed E-state index contributed by atoms with van der Waals surface area (Å²) in [5.74, 6) is 5.98. The Balaban J connectivity index is 2.26. The maximum atomic E-state index is 12.3. The summed E-state index contributed by atoms with van der Waals surface area (Å²) >= 11 is 0. The smallest absolute Gasteiger partial charge is 0.255 e. The van der Waals surface area contributed by atoms with Crippen molar-refractivity contribution in [1.29, 1.82) is 0 Å². The fraction of sp³-hybridized carbons (Fsp3) is 0.176. The van der Waals surface area contributed by atoms with Gasteiger partial charge in [0.05, 0.1) is 0 Å². The Kier molecular flexibility index (Phi) is 4.52. The van der Waals surface area contributed by atoms with Crippen LogP contribution in [0.1, 0.15) is 34.8 Å². The molecule has 0 spiro atoms. The molecule has 1 aromatic carbocycles. The number of anilines is 1. The van der Waals surface area contributed by atoms with Gasteiger partial charge in [0, 0.05) is 35.6 Å². The molecule has 1 heterocycles. The topological polar surface area (TPSA) is 42.0 Å². The van der Waals surface area contributed by atoms with E-state index >= 15 is 0 Å². The highest BCUT2D eigenvalue weighted by atomic mass is 16.1. The van der Waals surface area contributed by atoms with E-state index in [0.717, 1.165) is 23.2 Å². The minimum atomic E-state index is -0.131. The minimum absolute atomic E-state index is 0.131. The lowest BCUT2D eigenvalue weighted by atomic mass is 10.0. The quantitative estimate of drug-likeness (QED) is 0.845. The van der Waals surface area contributed by atoms with Crippen molar-refractivity contribution in [1.82, 2.24) is 4.98 Å². The third-order valence-electron chi connectivity index (χ3n) is 2.92. The Morgan fingerprint density at radius 3 is 2.70 bits per heavy atom. The van der Waals surface area contributed by atoms with Gasteiger partial charge in [-0.25, -0.2) is 0 Å². The van der Waals surface area contributed by atoms with E-state index in [1.807, 2.05) is 32.0 Å². The van der Waals surface area contributed by atoms with E-state index in [0.29, 0.717) is 5.56 Å². The molecule has 2 rings (SSSR count). The summed E-state index contributed by atoms with van der Waals surface area (Å²) in [4.78, 5) is 16.2. The van der Waals surface area contributed by atoms with E-state index in [-0.39, 0.29) is 5.91 Å². The first kappa shape index (κ1) is 13.8. The molecule has 0 saturated heterocycles. The number of nitrogens with one attached hydrogen (secondary N) is 1. The van der Waals surface area contributed by atoms with Crippen LogP contribution in [-0.4, -0.2) is 10.9 Å². The Bertz CT molecular complexity index is 666. The standard InChI is InChI=1S/C17H16N2O/c1-3-4-6-14-7-5-8-16(13(14)2)17(20)19-15-9-11-18-12-10-15/h5,7-12H,3H2,1-2H3,(H,18,19,20). The number of hydrogen-bond acceptors (Lipinski definition) is 2. The van der Waals surface area contributed by atoms with Crippen molar-refractivity contribution in [2.75, 3.05) is 5.32 Å². The average molecular weight is 264 g/mol. The van der Waals surface area contributed by atoms with Crippen molar-refractivity contribution in [3.8, 4) is 11.8 Å². The van der Waals surface area contributed by atoms with Gasteiger partial charge in [0.25, 0.3) is 5.91 Å². The second-order valence-corrected chi connectivity index (χ2v) is 4.32. The first-order valence-corrected chi connectivity index (χ1v) is 6.52. The predicted octanol–water partition coefficient (Wildman–Crippen LogP) is 3.40. The lowest BCUT2D eigenvalue weighted by molar-refractivity contribution is 0.102. The van der Waals surface area contributed by atoms with Gasteiger partial charge in [-0.2, -0.15) is 0 Å². The number of carbonyl (C=O) groups excluding carboxylic acids is 1. The van der Waals surface area contributed by atoms with Crippen LogP contribution in [0.25, 0.3) is 0 Å². The molecule has 0 aliphatic rings. The van der Waals surface area contributed by atoms with E-state index in [9.17, 15) is 4.79 Å². The van der Waals surface area contributed by atoms with E-state index in [2.05, 4.69) is 22.1 Å². The van der Waals surface area contributed by atoms with E-state index < -0.39 is 0 Å². The summed E-state index contributed by atoms with van der Waals surface area (Å²) in [5, 5.41) is 2.86. The minimum Gasteiger partial charge on any atom is -0.322 e. The lowest BCUT2D eigenvalue weighted by Gasteiger charge is -2.08. The molecule has 100 valence electrons. The van der Waals surface area contributed by atoms with E-state index in [1.165, 1.54) is 0 Å². The van der Waals surface area contributed by atoms with Crippen LogP contribution in [0.4, 0.5) is 5.69 Å². The maximum Gasteiger partial charge on any atom is 0.255 e. The molecule has 2 aromatic rings. The molecule has 1 amide bonds. The highest BCUT2D eigenvalue weighted by Gasteiger charge is 2.10. The number of carbonyl (C=O) groups is 1. The molecule has 1 aromatic heterocycles. The zero-order valence-electron chi connectivity index (χ0n) is 11.6. The number of amides is 1. The highest BCUT2D eigenvalue weighted by Crippen LogP contribution is 2.15. The van der Waals surface area contributed by atoms with Crippen molar-refractivity contribution in [2.45, 2.75) is 20.3 Å². The molecule has 0 radical (unpaired) electrons. The Morgan fingerprint density at radius 1 is 1.25 bits per heavy atom. The Hall–Kier alpha value is -2.60. The van der Waals surface area contributed by atoms with Crippen LogP contribution in [-0.2, 0) is 0 Å². The maximum absolute atomic E-state index is 12.3. The molecule has 1 N–H and O–H groups in total. The van der Waals surface area contributed by atoms with Gasteiger partial charge in [0.1, 0.15) is 0 Å². The zero-order valence-corrected chi connectivity index (χ0v) is 11.6. The summed E-state index contributed by atoms with van der Waals surface area (Å²) in [7, 11) is 0. The molecule has 3 heteroatoms. The third-order valence-corrected chi connectivity index (χ3v) is 2.92. The van der Waals surface area contributed by atoms with Crippen LogP contribution in [0.15, 0.2) is 42.7 Å². The van der Waals surface area contributed by atoms with Crippen molar-refractivity contribution < 1.29 is 4.79 Å². The van der Waals surface area contributed by atoms with Crippen molar-refractivity contribution in [3.63, 3.8) is 0 Å². The zero-order chi connectivity index (χ0) is 14.4. The van der Waals surface area contributed by atoms with Crippen LogP contribution in [0.2, 0.25) is 0 Å². The molecule has 0 aliphatic carbocycles. The highest BCUT2D eigenvalue weighted by molar-refractivity contribution is 6.05. The summed E-state index contributed by atoms with van der Waals surface area (Å²) < 4.78 is 0. The molecular formula is C17H16N2O. The SMILES string of the molecule is CCC#Cc1cccc(C(=O)Nc2ccncc2)c1C. The van der Waals surface area contributed by atoms with Crippen LogP contribution >= 0.6 is 0 Å². The molecule has 0 bridgehead atoms. The summed E-state index contributed by atoms with van der Waals surface area (Å²) in [6.45, 7) is 3.92. The fourth-order valence-electron chi connectivity index (χ4n) is 1.83. The van der Waals surface area contributed by atoms with Gasteiger partial charge >= 0.3 is 0 Å². The van der Waals surface area contributed by atoms with Crippen LogP contribution in [0.5, 0.6) is 0 Å².